The number of hydrogen-bond donors (Lipinski definition) is 3. The lowest BCUT2D eigenvalue weighted by Crippen LogP contribution is -2.13. The molecule has 0 aliphatic rings. The Kier molecular flexibility index (Phi) is 22.5. The number of aromatic nitrogens is 9. The Morgan fingerprint density at radius 3 is 1.25 bits per heavy atom. The number of primary amides is 1. The molecule has 0 saturated heterocycles. The minimum Gasteiger partial charge on any atom is -0.494 e. The van der Waals surface area contributed by atoms with Crippen LogP contribution in [0.5, 0.6) is 28.7 Å². The highest BCUT2D eigenvalue weighted by Gasteiger charge is 2.26. The summed E-state index contributed by atoms with van der Waals surface area (Å²) in [4.78, 5) is 94.7. The standard InChI is InChI=1S/C10H10N4O3.C10H12N4O.C9H8N4O3.C9H9NO5.C8H6FNO4.C8H8N2O4/c1-13-6-11-10(12-13)7-4-3-5-8(14(15)16)9(7)17-2;1-14-6-12-10(13-14)7-4-3-5-8(11)9(7)15-2;1-16-8-6(9-10-5-11-12-9)3-2-4-7(8)13(14)15;1-14-8-6(9(11)15-2)4-3-5-7(8)10(12)13;1-14-8(11)5-3-2-4-6(7(5)9)10(12)13;1-14-7-5(8(9)11)3-2-4-6(7)10(12)13/h3-6H,1-2H3;3-6H,11H2,1-2H3;2-5H,1H3,(H,10,11,12);3-5H,1-2H3;2-4H,1H3;2-4H,1H3,(H2,9,11)/i2*1D3;;;;. The molecular formula is C54H53FN16O20. The number of hydrogen-bond acceptors (Lipinski definition) is 27. The number of rotatable bonds is 16. The third-order valence-corrected chi connectivity index (χ3v) is 11.2. The van der Waals surface area contributed by atoms with Crippen LogP contribution in [0.2, 0.25) is 0 Å². The van der Waals surface area contributed by atoms with Gasteiger partial charge in [-0.05, 0) is 42.5 Å². The number of carbonyl (C=O) groups is 3. The number of ether oxygens (including phenoxy) is 7. The summed E-state index contributed by atoms with van der Waals surface area (Å²) < 4.78 is 91.6. The van der Waals surface area contributed by atoms with E-state index in [-0.39, 0.29) is 74.1 Å². The number of nitrogens with two attached hydrogens (primary N) is 2. The number of aryl methyl sites for hydroxylation is 2. The van der Waals surface area contributed by atoms with E-state index in [2.05, 4.69) is 44.8 Å². The summed E-state index contributed by atoms with van der Waals surface area (Å²) in [5, 5.41) is 67.2. The molecule has 1 amide bonds. The predicted molar refractivity (Wildman–Crippen MR) is 316 cm³/mol. The quantitative estimate of drug-likeness (QED) is 0.0365. The van der Waals surface area contributed by atoms with Crippen molar-refractivity contribution in [1.29, 1.82) is 0 Å². The average molecular weight is 1270 g/mol. The van der Waals surface area contributed by atoms with E-state index in [9.17, 15) is 69.3 Å². The van der Waals surface area contributed by atoms with Crippen molar-refractivity contribution in [1.82, 2.24) is 44.7 Å². The molecule has 0 aliphatic heterocycles. The monoisotopic (exact) mass is 1270 g/mol. The predicted octanol–water partition coefficient (Wildman–Crippen LogP) is 7.47. The maximum Gasteiger partial charge on any atom is 0.341 e. The topological polar surface area (TPSA) is 487 Å². The maximum atomic E-state index is 13.2. The zero-order valence-electron chi connectivity index (χ0n) is 54.1. The van der Waals surface area contributed by atoms with Gasteiger partial charge in [-0.1, -0.05) is 36.4 Å². The highest BCUT2D eigenvalue weighted by atomic mass is 19.1. The Labute approximate surface area is 519 Å². The number of nitrogens with zero attached hydrogens (tertiary/aromatic N) is 13. The number of nitrogens with one attached hydrogen (secondary N) is 1. The minimum atomic E-state index is -2.46. The largest absolute Gasteiger partial charge is 0.494 e. The summed E-state index contributed by atoms with van der Waals surface area (Å²) in [5.41, 5.74) is 10.5. The Hall–Kier alpha value is -13.1. The molecule has 0 unspecified atom stereocenters. The summed E-state index contributed by atoms with van der Waals surface area (Å²) in [5.74, 6) is -2.42. The van der Waals surface area contributed by atoms with Gasteiger partial charge in [0.15, 0.2) is 23.2 Å². The molecule has 9 rings (SSSR count). The van der Waals surface area contributed by atoms with Gasteiger partial charge in [-0.3, -0.25) is 69.8 Å². The van der Waals surface area contributed by atoms with Crippen LogP contribution in [0.15, 0.2) is 128 Å². The number of esters is 2. The molecule has 0 aliphatic carbocycles. The van der Waals surface area contributed by atoms with Crippen LogP contribution in [-0.2, 0) is 23.4 Å². The van der Waals surface area contributed by atoms with Crippen molar-refractivity contribution in [2.24, 2.45) is 19.7 Å². The molecule has 3 heterocycles. The number of anilines is 1. The van der Waals surface area contributed by atoms with Crippen LogP contribution >= 0.6 is 0 Å². The van der Waals surface area contributed by atoms with Gasteiger partial charge in [-0.15, -0.1) is 0 Å². The number of carbonyl (C=O) groups excluding carboxylic acids is 3. The van der Waals surface area contributed by atoms with Crippen molar-refractivity contribution in [3.05, 3.63) is 201 Å². The highest BCUT2D eigenvalue weighted by molar-refractivity contribution is 5.97. The number of nitrogen functional groups attached to an aromatic ring is 1. The van der Waals surface area contributed by atoms with Crippen LogP contribution in [0.4, 0.5) is 38.5 Å². The second-order valence-corrected chi connectivity index (χ2v) is 16.5. The third kappa shape index (κ3) is 18.2. The molecule has 0 saturated carbocycles. The van der Waals surface area contributed by atoms with E-state index in [1.807, 2.05) is 0 Å². The van der Waals surface area contributed by atoms with Crippen molar-refractivity contribution in [3.8, 4) is 62.9 Å². The molecule has 476 valence electrons. The highest BCUT2D eigenvalue weighted by Crippen LogP contribution is 2.38. The fourth-order valence-corrected chi connectivity index (χ4v) is 7.36. The maximum absolute atomic E-state index is 13.2. The normalized spacial score (nSPS) is 11.1. The van der Waals surface area contributed by atoms with Gasteiger partial charge in [0.2, 0.25) is 28.8 Å². The van der Waals surface area contributed by atoms with Crippen LogP contribution in [0.3, 0.4) is 0 Å². The van der Waals surface area contributed by atoms with E-state index in [0.717, 1.165) is 36.6 Å². The van der Waals surface area contributed by atoms with Gasteiger partial charge >= 0.3 is 40.4 Å². The molecule has 36 nitrogen and oxygen atoms in total. The molecule has 3 aromatic heterocycles. The molecular weight excluding hydrogens is 1210 g/mol. The molecule has 0 bridgehead atoms. The fourth-order valence-electron chi connectivity index (χ4n) is 7.36. The first-order valence-electron chi connectivity index (χ1n) is 27.6. The van der Waals surface area contributed by atoms with Gasteiger partial charge in [0.25, 0.3) is 5.91 Å². The number of H-pyrrole nitrogens is 1. The summed E-state index contributed by atoms with van der Waals surface area (Å²) >= 11 is 0. The number of amides is 1. The van der Waals surface area contributed by atoms with E-state index >= 15 is 0 Å². The molecule has 91 heavy (non-hydrogen) atoms. The summed E-state index contributed by atoms with van der Waals surface area (Å²) in [6.07, 6.45) is 3.53. The SMILES string of the molecule is COC(=O)c1cccc([N+](=O)[O-])c1F.COC(=O)c1cccc([N+](=O)[O-])c1OC.COc1c(-c2ncn[nH]2)cccc1[N+](=O)[O-].COc1c(C(N)=O)cccc1[N+](=O)[O-].[2H]C([2H])([2H])n1cnc(-c2cccc(N)c2OC)n1.[2H]C([2H])([2H])n1cnc(-c2cccc([N+](=O)[O-])c2OC)n1. The third-order valence-electron chi connectivity index (χ3n) is 11.2. The van der Waals surface area contributed by atoms with E-state index in [0.29, 0.717) is 33.1 Å². The van der Waals surface area contributed by atoms with Crippen LogP contribution in [0.25, 0.3) is 34.2 Å². The van der Waals surface area contributed by atoms with Crippen LogP contribution in [-0.4, -0.2) is 137 Å². The van der Waals surface area contributed by atoms with E-state index in [4.69, 9.17) is 43.4 Å². The zero-order chi connectivity index (χ0) is 72.6. The number of halogens is 1. The molecule has 0 fully saturated rings. The molecule has 0 spiro atoms. The molecule has 9 aromatic rings. The molecule has 5 N–H and O–H groups in total. The van der Waals surface area contributed by atoms with E-state index in [1.54, 1.807) is 30.3 Å². The Morgan fingerprint density at radius 1 is 0.495 bits per heavy atom. The number of para-hydroxylation sites is 5. The van der Waals surface area contributed by atoms with E-state index < -0.39 is 73.5 Å². The minimum absolute atomic E-state index is 0.00157. The fraction of sp³-hybridized carbons (Fsp3) is 0.167. The Balaban J connectivity index is 0.000000249. The lowest BCUT2D eigenvalue weighted by atomic mass is 10.1. The summed E-state index contributed by atoms with van der Waals surface area (Å²) in [7, 11) is 8.91. The number of aromatic amines is 1. The summed E-state index contributed by atoms with van der Waals surface area (Å²) in [6, 6.07) is 25.3. The lowest BCUT2D eigenvalue weighted by molar-refractivity contribution is -0.387. The first-order valence-corrected chi connectivity index (χ1v) is 24.6. The Morgan fingerprint density at radius 2 is 0.857 bits per heavy atom. The Bertz CT molecular complexity index is 4280. The van der Waals surface area contributed by atoms with Crippen molar-refractivity contribution in [2.75, 3.05) is 55.5 Å². The molecule has 37 heteroatoms. The van der Waals surface area contributed by atoms with Crippen LogP contribution in [0, 0.1) is 56.4 Å². The summed E-state index contributed by atoms with van der Waals surface area (Å²) in [6.45, 7) is -4.81. The van der Waals surface area contributed by atoms with Crippen LogP contribution < -0.4 is 35.2 Å². The second-order valence-electron chi connectivity index (χ2n) is 16.5. The zero-order valence-corrected chi connectivity index (χ0v) is 48.1. The lowest BCUT2D eigenvalue weighted by Gasteiger charge is -2.07. The molecule has 0 radical (unpaired) electrons. The smallest absolute Gasteiger partial charge is 0.341 e. The van der Waals surface area contributed by atoms with Gasteiger partial charge in [-0.25, -0.2) is 24.5 Å². The van der Waals surface area contributed by atoms with Gasteiger partial charge in [-0.2, -0.15) is 19.7 Å². The van der Waals surface area contributed by atoms with E-state index in [1.165, 1.54) is 116 Å². The second kappa shape index (κ2) is 33.5. The first-order chi connectivity index (χ1) is 45.8. The molecule has 0 atom stereocenters. The number of benzene rings is 6. The number of nitro benzene ring substituents is 5. The number of methoxy groups -OCH3 is 7. The van der Waals surface area contributed by atoms with Crippen molar-refractivity contribution >= 4 is 52.0 Å². The van der Waals surface area contributed by atoms with Crippen LogP contribution in [0.1, 0.15) is 39.3 Å². The van der Waals surface area contributed by atoms with Gasteiger partial charge in [0, 0.05) is 52.5 Å². The first kappa shape index (κ1) is 61.0. The van der Waals surface area contributed by atoms with Gasteiger partial charge < -0.3 is 44.6 Å². The number of nitro groups is 5. The van der Waals surface area contributed by atoms with Gasteiger partial charge in [0.05, 0.1) is 102 Å². The van der Waals surface area contributed by atoms with Crippen molar-refractivity contribution in [3.63, 3.8) is 0 Å². The van der Waals surface area contributed by atoms with Crippen molar-refractivity contribution in [2.45, 2.75) is 0 Å². The molecule has 6 aromatic carbocycles. The average Bonchev–Trinajstić information content (AvgIpc) is 1.84. The van der Waals surface area contributed by atoms with Gasteiger partial charge in [0.1, 0.15) is 30.1 Å². The van der Waals surface area contributed by atoms with Crippen molar-refractivity contribution < 1.29 is 84.8 Å².